The lowest BCUT2D eigenvalue weighted by molar-refractivity contribution is 0.285. The topological polar surface area (TPSA) is 44.2 Å². The Kier molecular flexibility index (Phi) is 4.11. The van der Waals surface area contributed by atoms with E-state index >= 15 is 0 Å². The van der Waals surface area contributed by atoms with Crippen molar-refractivity contribution in [3.8, 4) is 11.5 Å². The summed E-state index contributed by atoms with van der Waals surface area (Å²) in [7, 11) is 1.60. The van der Waals surface area contributed by atoms with Gasteiger partial charge in [0.2, 0.25) is 0 Å². The molecule has 0 aliphatic carbocycles. The summed E-state index contributed by atoms with van der Waals surface area (Å²) in [5.41, 5.74) is 1.82. The van der Waals surface area contributed by atoms with E-state index in [9.17, 15) is 0 Å². The highest BCUT2D eigenvalue weighted by atomic mass is 35.5. The molecular formula is C17H15ClN2O2. The SMILES string of the molecule is COc1cc2nc(C)nc(Cl)c2cc1OCc1ccccc1. The number of aryl methyl sites for hydroxylation is 1. The number of nitrogens with zero attached hydrogens (tertiary/aromatic N) is 2. The van der Waals surface area contributed by atoms with Gasteiger partial charge in [0, 0.05) is 11.5 Å². The zero-order valence-corrected chi connectivity index (χ0v) is 13.1. The van der Waals surface area contributed by atoms with E-state index in [-0.39, 0.29) is 0 Å². The van der Waals surface area contributed by atoms with Gasteiger partial charge < -0.3 is 9.47 Å². The Morgan fingerprint density at radius 1 is 1.05 bits per heavy atom. The van der Waals surface area contributed by atoms with Crippen molar-refractivity contribution in [2.45, 2.75) is 13.5 Å². The lowest BCUT2D eigenvalue weighted by Crippen LogP contribution is -1.99. The first-order valence-corrected chi connectivity index (χ1v) is 7.24. The van der Waals surface area contributed by atoms with Gasteiger partial charge >= 0.3 is 0 Å². The molecule has 0 amide bonds. The molecule has 5 heteroatoms. The third-order valence-corrected chi connectivity index (χ3v) is 3.57. The zero-order valence-electron chi connectivity index (χ0n) is 12.3. The van der Waals surface area contributed by atoms with Gasteiger partial charge in [0.25, 0.3) is 0 Å². The number of hydrogen-bond donors (Lipinski definition) is 0. The molecule has 0 unspecified atom stereocenters. The smallest absolute Gasteiger partial charge is 0.162 e. The van der Waals surface area contributed by atoms with Crippen LogP contribution in [0.1, 0.15) is 11.4 Å². The average molecular weight is 315 g/mol. The Bertz CT molecular complexity index is 807. The summed E-state index contributed by atoms with van der Waals surface area (Å²) in [5.74, 6) is 1.86. The van der Waals surface area contributed by atoms with Crippen molar-refractivity contribution in [2.24, 2.45) is 0 Å². The minimum Gasteiger partial charge on any atom is -0.493 e. The number of rotatable bonds is 4. The maximum Gasteiger partial charge on any atom is 0.162 e. The van der Waals surface area contributed by atoms with E-state index in [2.05, 4.69) is 9.97 Å². The van der Waals surface area contributed by atoms with Crippen LogP contribution >= 0.6 is 11.6 Å². The van der Waals surface area contributed by atoms with Gasteiger partial charge in [-0.25, -0.2) is 9.97 Å². The average Bonchev–Trinajstić information content (AvgIpc) is 2.53. The highest BCUT2D eigenvalue weighted by Gasteiger charge is 2.11. The number of ether oxygens (including phenoxy) is 2. The van der Waals surface area contributed by atoms with Crippen LogP contribution in [0.15, 0.2) is 42.5 Å². The van der Waals surface area contributed by atoms with E-state index in [4.69, 9.17) is 21.1 Å². The summed E-state index contributed by atoms with van der Waals surface area (Å²) in [4.78, 5) is 8.55. The molecule has 0 radical (unpaired) electrons. The molecule has 3 rings (SSSR count). The molecule has 3 aromatic rings. The first-order chi connectivity index (χ1) is 10.7. The molecule has 1 heterocycles. The minimum absolute atomic E-state index is 0.412. The summed E-state index contributed by atoms with van der Waals surface area (Å²) in [6.07, 6.45) is 0. The van der Waals surface area contributed by atoms with Gasteiger partial charge in [-0.3, -0.25) is 0 Å². The molecule has 4 nitrogen and oxygen atoms in total. The predicted molar refractivity (Wildman–Crippen MR) is 86.6 cm³/mol. The van der Waals surface area contributed by atoms with Crippen LogP contribution in [-0.2, 0) is 6.61 Å². The number of methoxy groups -OCH3 is 1. The fraction of sp³-hybridized carbons (Fsp3) is 0.176. The molecule has 0 bridgehead atoms. The van der Waals surface area contributed by atoms with Crippen molar-refractivity contribution in [3.05, 3.63) is 59.0 Å². The quantitative estimate of drug-likeness (QED) is 0.678. The fourth-order valence-corrected chi connectivity index (χ4v) is 2.49. The first kappa shape index (κ1) is 14.6. The van der Waals surface area contributed by atoms with Crippen molar-refractivity contribution in [1.29, 1.82) is 0 Å². The van der Waals surface area contributed by atoms with E-state index in [1.807, 2.05) is 42.5 Å². The standard InChI is InChI=1S/C17H15ClN2O2/c1-11-19-14-9-15(21-2)16(8-13(14)17(18)20-11)22-10-12-6-4-3-5-7-12/h3-9H,10H2,1-2H3. The monoisotopic (exact) mass is 314 g/mol. The van der Waals surface area contributed by atoms with Crippen molar-refractivity contribution in [3.63, 3.8) is 0 Å². The summed E-state index contributed by atoms with van der Waals surface area (Å²) in [6, 6.07) is 13.6. The molecule has 0 aliphatic heterocycles. The zero-order chi connectivity index (χ0) is 15.5. The third-order valence-electron chi connectivity index (χ3n) is 3.28. The van der Waals surface area contributed by atoms with Crippen molar-refractivity contribution in [1.82, 2.24) is 9.97 Å². The van der Waals surface area contributed by atoms with Crippen LogP contribution in [0, 0.1) is 6.92 Å². The van der Waals surface area contributed by atoms with Gasteiger partial charge in [-0.1, -0.05) is 41.9 Å². The first-order valence-electron chi connectivity index (χ1n) is 6.86. The fourth-order valence-electron chi connectivity index (χ4n) is 2.22. The van der Waals surface area contributed by atoms with Crippen molar-refractivity contribution in [2.75, 3.05) is 7.11 Å². The van der Waals surface area contributed by atoms with Gasteiger partial charge in [-0.05, 0) is 18.6 Å². The van der Waals surface area contributed by atoms with E-state index in [0.29, 0.717) is 29.1 Å². The molecule has 0 atom stereocenters. The molecule has 112 valence electrons. The van der Waals surface area contributed by atoms with Crippen LogP contribution in [0.2, 0.25) is 5.15 Å². The Morgan fingerprint density at radius 3 is 2.55 bits per heavy atom. The van der Waals surface area contributed by atoms with Crippen LogP contribution in [0.5, 0.6) is 11.5 Å². The predicted octanol–water partition coefficient (Wildman–Crippen LogP) is 4.18. The highest BCUT2D eigenvalue weighted by Crippen LogP contribution is 2.34. The molecular weight excluding hydrogens is 300 g/mol. The summed E-state index contributed by atoms with van der Waals surface area (Å²) in [5, 5.41) is 1.16. The Morgan fingerprint density at radius 2 is 1.82 bits per heavy atom. The van der Waals surface area contributed by atoms with E-state index < -0.39 is 0 Å². The van der Waals surface area contributed by atoms with Gasteiger partial charge in [0.1, 0.15) is 17.6 Å². The molecule has 0 aliphatic rings. The van der Waals surface area contributed by atoms with E-state index in [1.54, 1.807) is 14.0 Å². The van der Waals surface area contributed by atoms with E-state index in [0.717, 1.165) is 16.5 Å². The Hall–Kier alpha value is -2.33. The number of fused-ring (bicyclic) bond motifs is 1. The maximum atomic E-state index is 6.20. The Labute approximate surface area is 133 Å². The lowest BCUT2D eigenvalue weighted by Gasteiger charge is -2.12. The minimum atomic E-state index is 0.412. The number of benzene rings is 2. The van der Waals surface area contributed by atoms with Crippen molar-refractivity contribution < 1.29 is 9.47 Å². The third kappa shape index (κ3) is 2.97. The second-order valence-electron chi connectivity index (χ2n) is 4.86. The molecule has 0 spiro atoms. The number of aromatic nitrogens is 2. The van der Waals surface area contributed by atoms with Crippen LogP contribution in [-0.4, -0.2) is 17.1 Å². The highest BCUT2D eigenvalue weighted by molar-refractivity contribution is 6.34. The van der Waals surface area contributed by atoms with Gasteiger partial charge in [0.05, 0.1) is 12.6 Å². The second-order valence-corrected chi connectivity index (χ2v) is 5.21. The molecule has 0 saturated heterocycles. The number of halogens is 1. The molecule has 0 fully saturated rings. The normalized spacial score (nSPS) is 10.7. The maximum absolute atomic E-state index is 6.20. The van der Waals surface area contributed by atoms with Crippen LogP contribution in [0.25, 0.3) is 10.9 Å². The van der Waals surface area contributed by atoms with Gasteiger partial charge in [-0.15, -0.1) is 0 Å². The second kappa shape index (κ2) is 6.20. The molecule has 22 heavy (non-hydrogen) atoms. The largest absolute Gasteiger partial charge is 0.493 e. The molecule has 0 saturated carbocycles. The summed E-state index contributed by atoms with van der Waals surface area (Å²) < 4.78 is 11.3. The molecule has 1 aromatic heterocycles. The van der Waals surface area contributed by atoms with Gasteiger partial charge in [-0.2, -0.15) is 0 Å². The van der Waals surface area contributed by atoms with Crippen LogP contribution < -0.4 is 9.47 Å². The Balaban J connectivity index is 1.97. The van der Waals surface area contributed by atoms with E-state index in [1.165, 1.54) is 0 Å². The molecule has 2 aromatic carbocycles. The summed E-state index contributed by atoms with van der Waals surface area (Å²) in [6.45, 7) is 2.25. The van der Waals surface area contributed by atoms with Crippen LogP contribution in [0.3, 0.4) is 0 Å². The van der Waals surface area contributed by atoms with Crippen LogP contribution in [0.4, 0.5) is 0 Å². The molecule has 0 N–H and O–H groups in total. The summed E-state index contributed by atoms with van der Waals surface area (Å²) >= 11 is 6.20. The lowest BCUT2D eigenvalue weighted by atomic mass is 10.2. The number of hydrogen-bond acceptors (Lipinski definition) is 4. The van der Waals surface area contributed by atoms with Crippen molar-refractivity contribution >= 4 is 22.5 Å². The van der Waals surface area contributed by atoms with Gasteiger partial charge in [0.15, 0.2) is 11.5 Å².